The number of pyridine rings is 1. The zero-order chi connectivity index (χ0) is 42.6. The van der Waals surface area contributed by atoms with Crippen LogP contribution in [-0.4, -0.2) is 46.5 Å². The van der Waals surface area contributed by atoms with E-state index in [-0.39, 0.29) is 11.6 Å². The van der Waals surface area contributed by atoms with Crippen molar-refractivity contribution in [1.29, 1.82) is 0 Å². The number of fused-ring (bicyclic) bond motifs is 1. The highest BCUT2D eigenvalue weighted by Gasteiger charge is 2.49. The van der Waals surface area contributed by atoms with E-state index in [0.29, 0.717) is 22.1 Å². The average Bonchev–Trinajstić information content (AvgIpc) is 3.29. The molecule has 6 aromatic carbocycles. The molecule has 0 bridgehead atoms. The van der Waals surface area contributed by atoms with E-state index in [0.717, 1.165) is 41.3 Å². The monoisotopic (exact) mass is 815 g/mol. The number of imide groups is 1. The number of ether oxygens (including phenoxy) is 2. The second-order valence-corrected chi connectivity index (χ2v) is 13.3. The van der Waals surface area contributed by atoms with Crippen LogP contribution in [0, 0.1) is 0 Å². The van der Waals surface area contributed by atoms with Crippen molar-refractivity contribution < 1.29 is 28.7 Å². The van der Waals surface area contributed by atoms with E-state index in [1.165, 1.54) is 12.1 Å². The number of nitrogens with one attached hydrogen (secondary N) is 5. The van der Waals surface area contributed by atoms with Crippen LogP contribution in [-0.2, 0) is 15.3 Å². The number of carbonyl (C=O) groups is 4. The number of hydrogen-bond donors (Lipinski definition) is 5. The molecule has 0 fully saturated rings. The molecule has 1 unspecified atom stereocenters. The summed E-state index contributed by atoms with van der Waals surface area (Å²) in [5.74, 6) is -2.49. The van der Waals surface area contributed by atoms with Gasteiger partial charge in [0.25, 0.3) is 0 Å². The number of urea groups is 1. The molecule has 7 aromatic rings. The Balaban J connectivity index is 1.54. The minimum absolute atomic E-state index is 0.142. The van der Waals surface area contributed by atoms with Crippen LogP contribution in [0.1, 0.15) is 12.5 Å². The van der Waals surface area contributed by atoms with E-state index in [1.54, 1.807) is 54.7 Å². The predicted octanol–water partition coefficient (Wildman–Crippen LogP) is 8.79. The van der Waals surface area contributed by atoms with Crippen LogP contribution in [0.2, 0.25) is 0 Å². The number of anilines is 5. The number of amides is 5. The quantitative estimate of drug-likeness (QED) is 0.0590. The molecule has 7 rings (SSSR count). The van der Waals surface area contributed by atoms with Crippen LogP contribution in [0.5, 0.6) is 5.75 Å². The predicted molar refractivity (Wildman–Crippen MR) is 232 cm³/mol. The van der Waals surface area contributed by atoms with Gasteiger partial charge in [-0.05, 0) is 66.0 Å². The summed E-state index contributed by atoms with van der Waals surface area (Å²) in [6.07, 6.45) is -0.690. The highest BCUT2D eigenvalue weighted by Crippen LogP contribution is 2.44. The highest BCUT2D eigenvalue weighted by atomic mass is 16.6. The third-order valence-electron chi connectivity index (χ3n) is 9.16. The van der Waals surface area contributed by atoms with Gasteiger partial charge in [0.05, 0.1) is 12.8 Å². The molecule has 1 aromatic heterocycles. The lowest BCUT2D eigenvalue weighted by molar-refractivity contribution is -0.148. The Morgan fingerprint density at radius 2 is 1.21 bits per heavy atom. The Kier molecular flexibility index (Phi) is 12.6. The van der Waals surface area contributed by atoms with Crippen LogP contribution < -0.4 is 36.4 Å². The molecule has 0 spiro atoms. The number of carbonyl (C=O) groups excluding carboxylic acids is 4. The Hall–Kier alpha value is -8.43. The summed E-state index contributed by atoms with van der Waals surface area (Å²) in [6.45, 7) is 1.16. The van der Waals surface area contributed by atoms with E-state index in [4.69, 9.17) is 9.47 Å². The third-order valence-corrected chi connectivity index (χ3v) is 9.16. The molecule has 0 aliphatic heterocycles. The van der Waals surface area contributed by atoms with E-state index in [2.05, 4.69) is 31.8 Å². The lowest BCUT2D eigenvalue weighted by Crippen LogP contribution is -2.74. The first-order valence-corrected chi connectivity index (χ1v) is 19.0. The normalized spacial score (nSPS) is 11.7. The van der Waals surface area contributed by atoms with Gasteiger partial charge in [0.1, 0.15) is 11.6 Å². The first-order chi connectivity index (χ1) is 29.8. The van der Waals surface area contributed by atoms with Crippen molar-refractivity contribution in [1.82, 2.24) is 31.4 Å². The van der Waals surface area contributed by atoms with Crippen molar-refractivity contribution in [2.24, 2.45) is 0 Å². The van der Waals surface area contributed by atoms with Gasteiger partial charge in [0.15, 0.2) is 0 Å². The van der Waals surface area contributed by atoms with Gasteiger partial charge >= 0.3 is 18.2 Å². The number of methoxy groups -OCH3 is 1. The topological polar surface area (TPSA) is 169 Å². The van der Waals surface area contributed by atoms with Crippen LogP contribution in [0.3, 0.4) is 0 Å². The maximum Gasteiger partial charge on any atom is 0.423 e. The SMILES string of the molecule is COC(=O)NN(N(NC(C)=O)C(=O)NC(=O)Oc1ccccc1)C(Nc1ccccn1)(Nc1cccc2ccccc12)c1ccccc1N(c1ccccc1)c1ccccc1. The number of para-hydroxylation sites is 4. The number of hydrazine groups is 3. The first kappa shape index (κ1) is 40.8. The van der Waals surface area contributed by atoms with E-state index in [9.17, 15) is 19.2 Å². The molecule has 15 heteroatoms. The average molecular weight is 816 g/mol. The number of hydrogen-bond acceptors (Lipinski definition) is 11. The summed E-state index contributed by atoms with van der Waals surface area (Å²) in [5, 5.41) is 12.5. The van der Waals surface area contributed by atoms with Gasteiger partial charge in [-0.25, -0.2) is 35.5 Å². The maximum absolute atomic E-state index is 14.6. The minimum Gasteiger partial charge on any atom is -0.452 e. The van der Waals surface area contributed by atoms with Gasteiger partial charge in [-0.1, -0.05) is 120 Å². The molecule has 61 heavy (non-hydrogen) atoms. The smallest absolute Gasteiger partial charge is 0.423 e. The maximum atomic E-state index is 14.6. The molecular formula is C46H41N9O6. The number of benzene rings is 6. The molecule has 0 aliphatic rings. The molecule has 5 amide bonds. The fraction of sp³-hybridized carbons (Fsp3) is 0.0652. The lowest BCUT2D eigenvalue weighted by Gasteiger charge is -2.49. The number of nitrogens with zero attached hydrogens (tertiary/aromatic N) is 4. The zero-order valence-corrected chi connectivity index (χ0v) is 33.1. The van der Waals surface area contributed by atoms with Crippen molar-refractivity contribution in [3.05, 3.63) is 188 Å². The van der Waals surface area contributed by atoms with E-state index < -0.39 is 29.9 Å². The summed E-state index contributed by atoms with van der Waals surface area (Å²) in [6, 6.07) is 51.7. The van der Waals surface area contributed by atoms with Crippen molar-refractivity contribution >= 4 is 63.5 Å². The molecule has 0 saturated carbocycles. The second kappa shape index (κ2) is 18.9. The largest absolute Gasteiger partial charge is 0.452 e. The third kappa shape index (κ3) is 9.49. The van der Waals surface area contributed by atoms with Crippen LogP contribution in [0.15, 0.2) is 182 Å². The fourth-order valence-electron chi connectivity index (χ4n) is 6.61. The fourth-order valence-corrected chi connectivity index (χ4v) is 6.61. The number of rotatable bonds is 12. The van der Waals surface area contributed by atoms with Crippen molar-refractivity contribution in [2.45, 2.75) is 12.7 Å². The summed E-state index contributed by atoms with van der Waals surface area (Å²) >= 11 is 0. The number of aromatic nitrogens is 1. The summed E-state index contributed by atoms with van der Waals surface area (Å²) in [5.41, 5.74) is 8.04. The zero-order valence-electron chi connectivity index (χ0n) is 33.1. The summed E-state index contributed by atoms with van der Waals surface area (Å²) in [7, 11) is 1.14. The standard InChI is InChI=1S/C46H41N9O6/c1-33(56)51-54(43(57)48-44(58)61-37-25-10-5-11-26-37)55(52-45(59)60-2)46(50-42-31-16-17-32-47-42,49-40-29-18-20-34-19-12-13-27-38(34)40)39-28-14-15-30-41(39)53(35-21-6-3-7-22-35)36-23-8-4-9-24-36/h3-32,49H,1-2H3,(H,47,50)(H,51,56)(H,52,59)(H,48,57,58). The molecule has 0 aliphatic carbocycles. The van der Waals surface area contributed by atoms with Crippen molar-refractivity contribution in [3.8, 4) is 5.75 Å². The summed E-state index contributed by atoms with van der Waals surface area (Å²) in [4.78, 5) is 61.5. The summed E-state index contributed by atoms with van der Waals surface area (Å²) < 4.78 is 10.5. The Bertz CT molecular complexity index is 2560. The Labute approximate surface area is 351 Å². The van der Waals surface area contributed by atoms with Gasteiger partial charge in [-0.2, -0.15) is 0 Å². The van der Waals surface area contributed by atoms with Crippen molar-refractivity contribution in [2.75, 3.05) is 22.6 Å². The van der Waals surface area contributed by atoms with Crippen LogP contribution in [0.25, 0.3) is 10.8 Å². The van der Waals surface area contributed by atoms with Gasteiger partial charge in [-0.3, -0.25) is 4.79 Å². The Morgan fingerprint density at radius 1 is 0.607 bits per heavy atom. The van der Waals surface area contributed by atoms with Crippen LogP contribution >= 0.6 is 0 Å². The molecule has 5 N–H and O–H groups in total. The molecular weight excluding hydrogens is 775 g/mol. The molecule has 0 saturated heterocycles. The molecule has 15 nitrogen and oxygen atoms in total. The first-order valence-electron chi connectivity index (χ1n) is 19.0. The van der Waals surface area contributed by atoms with E-state index >= 15 is 0 Å². The Morgan fingerprint density at radius 3 is 1.87 bits per heavy atom. The van der Waals surface area contributed by atoms with E-state index in [1.807, 2.05) is 120 Å². The molecule has 1 heterocycles. The molecule has 306 valence electrons. The molecule has 1 atom stereocenters. The van der Waals surface area contributed by atoms with Crippen LogP contribution in [0.4, 0.5) is 43.0 Å². The van der Waals surface area contributed by atoms with Gasteiger partial charge in [0.2, 0.25) is 11.7 Å². The van der Waals surface area contributed by atoms with Gasteiger partial charge in [-0.15, -0.1) is 5.12 Å². The second-order valence-electron chi connectivity index (χ2n) is 13.3. The molecule has 0 radical (unpaired) electrons. The van der Waals surface area contributed by atoms with Gasteiger partial charge < -0.3 is 25.0 Å². The van der Waals surface area contributed by atoms with Gasteiger partial charge in [0, 0.05) is 41.1 Å². The lowest BCUT2D eigenvalue weighted by atomic mass is 10.0. The highest BCUT2D eigenvalue weighted by molar-refractivity contribution is 5.95. The minimum atomic E-state index is -2.12. The van der Waals surface area contributed by atoms with Crippen molar-refractivity contribution in [3.63, 3.8) is 0 Å².